The van der Waals surface area contributed by atoms with Crippen molar-refractivity contribution in [2.45, 2.75) is 52.9 Å². The molecule has 0 aliphatic heterocycles. The molecule has 0 N–H and O–H groups in total. The molecule has 0 unspecified atom stereocenters. The molecule has 0 spiro atoms. The Morgan fingerprint density at radius 1 is 1.23 bits per heavy atom. The van der Waals surface area contributed by atoms with Crippen LogP contribution in [0.15, 0.2) is 16.5 Å². The zero-order chi connectivity index (χ0) is 15.9. The fraction of sp³-hybridized carbons (Fsp3) is 0.529. The fourth-order valence-corrected chi connectivity index (χ4v) is 3.23. The highest BCUT2D eigenvalue weighted by molar-refractivity contribution is 7.15. The summed E-state index contributed by atoms with van der Waals surface area (Å²) in [5.74, 6) is 0.774. The molecule has 0 aliphatic rings. The molecule has 22 heavy (non-hydrogen) atoms. The Labute approximate surface area is 135 Å². The van der Waals surface area contributed by atoms with Crippen LogP contribution in [0.3, 0.4) is 0 Å². The molecule has 2 heterocycles. The van der Waals surface area contributed by atoms with Crippen LogP contribution in [0.4, 0.5) is 0 Å². The lowest BCUT2D eigenvalue weighted by molar-refractivity contribution is 0.0517. The summed E-state index contributed by atoms with van der Waals surface area (Å²) in [6.07, 6.45) is 4.88. The molecular weight excluding hydrogens is 298 g/mol. The summed E-state index contributed by atoms with van der Waals surface area (Å²) in [5.41, 5.74) is 0.329. The summed E-state index contributed by atoms with van der Waals surface area (Å²) in [7, 11) is 0. The molecule has 0 saturated carbocycles. The maximum absolute atomic E-state index is 12.0. The van der Waals surface area contributed by atoms with Gasteiger partial charge in [0.15, 0.2) is 5.69 Å². The average molecular weight is 321 g/mol. The van der Waals surface area contributed by atoms with E-state index in [-0.39, 0.29) is 0 Å². The number of nitrogens with zero attached hydrogens (tertiary/aromatic N) is 1. The number of hydrogen-bond acceptors (Lipinski definition) is 5. The summed E-state index contributed by atoms with van der Waals surface area (Å²) in [4.78, 5) is 18.7. The van der Waals surface area contributed by atoms with Gasteiger partial charge in [-0.15, -0.1) is 11.3 Å². The van der Waals surface area contributed by atoms with Crippen molar-refractivity contribution in [1.29, 1.82) is 0 Å². The van der Waals surface area contributed by atoms with Crippen LogP contribution in [0.1, 0.15) is 61.2 Å². The third-order valence-electron chi connectivity index (χ3n) is 3.29. The number of unbranched alkanes of at least 4 members (excludes halogenated alkanes) is 1. The highest BCUT2D eigenvalue weighted by Crippen LogP contribution is 2.30. The molecule has 0 radical (unpaired) electrons. The predicted molar refractivity (Wildman–Crippen MR) is 88.4 cm³/mol. The van der Waals surface area contributed by atoms with E-state index in [0.717, 1.165) is 30.6 Å². The van der Waals surface area contributed by atoms with Crippen molar-refractivity contribution in [1.82, 2.24) is 4.98 Å². The molecule has 0 aliphatic carbocycles. The standard InChI is InChI=1S/C17H23NO3S/c1-4-7-9-13-15(17(19)20-6-3)18-16(21-13)14-11-10-12(22-14)8-5-2/h10-11H,4-9H2,1-3H3. The van der Waals surface area contributed by atoms with Gasteiger partial charge in [-0.1, -0.05) is 26.7 Å². The van der Waals surface area contributed by atoms with Crippen LogP contribution < -0.4 is 0 Å². The molecule has 0 bridgehead atoms. The van der Waals surface area contributed by atoms with Gasteiger partial charge in [0.2, 0.25) is 5.89 Å². The van der Waals surface area contributed by atoms with E-state index in [1.54, 1.807) is 18.3 Å². The number of hydrogen-bond donors (Lipinski definition) is 0. The van der Waals surface area contributed by atoms with Crippen LogP contribution in [-0.4, -0.2) is 17.6 Å². The molecule has 4 nitrogen and oxygen atoms in total. The second kappa shape index (κ2) is 8.13. The molecule has 0 amide bonds. The monoisotopic (exact) mass is 321 g/mol. The van der Waals surface area contributed by atoms with Gasteiger partial charge in [-0.05, 0) is 31.9 Å². The lowest BCUT2D eigenvalue weighted by atomic mass is 10.2. The van der Waals surface area contributed by atoms with Gasteiger partial charge >= 0.3 is 5.97 Å². The molecule has 0 aromatic carbocycles. The minimum absolute atomic E-state index is 0.329. The van der Waals surface area contributed by atoms with Crippen LogP contribution >= 0.6 is 11.3 Å². The number of carbonyl (C=O) groups excluding carboxylic acids is 1. The number of carbonyl (C=O) groups is 1. The molecule has 5 heteroatoms. The Morgan fingerprint density at radius 2 is 2.05 bits per heavy atom. The maximum atomic E-state index is 12.0. The SMILES string of the molecule is CCCCc1oc(-c2ccc(CCC)s2)nc1C(=O)OCC. The predicted octanol–water partition coefficient (Wildman–Crippen LogP) is 4.87. The van der Waals surface area contributed by atoms with E-state index in [0.29, 0.717) is 30.4 Å². The van der Waals surface area contributed by atoms with Gasteiger partial charge in [0, 0.05) is 11.3 Å². The molecular formula is C17H23NO3S. The third-order valence-corrected chi connectivity index (χ3v) is 4.43. The smallest absolute Gasteiger partial charge is 0.360 e. The largest absolute Gasteiger partial charge is 0.461 e. The van der Waals surface area contributed by atoms with Crippen LogP contribution in [0, 0.1) is 0 Å². The van der Waals surface area contributed by atoms with Crippen molar-refractivity contribution in [3.63, 3.8) is 0 Å². The molecule has 0 saturated heterocycles. The summed E-state index contributed by atoms with van der Waals surface area (Å²) >= 11 is 1.67. The van der Waals surface area contributed by atoms with Crippen LogP contribution in [0.5, 0.6) is 0 Å². The van der Waals surface area contributed by atoms with Gasteiger partial charge < -0.3 is 9.15 Å². The van der Waals surface area contributed by atoms with Crippen molar-refractivity contribution >= 4 is 17.3 Å². The summed E-state index contributed by atoms with van der Waals surface area (Å²) in [6, 6.07) is 4.11. The Balaban J connectivity index is 2.29. The maximum Gasteiger partial charge on any atom is 0.360 e. The Bertz CT molecular complexity index is 615. The number of aromatic nitrogens is 1. The van der Waals surface area contributed by atoms with Crippen molar-refractivity contribution < 1.29 is 13.9 Å². The van der Waals surface area contributed by atoms with E-state index >= 15 is 0 Å². The normalized spacial score (nSPS) is 10.9. The van der Waals surface area contributed by atoms with E-state index in [2.05, 4.69) is 24.9 Å². The first-order valence-electron chi connectivity index (χ1n) is 7.95. The minimum atomic E-state index is -0.394. The first-order chi connectivity index (χ1) is 10.7. The Kier molecular flexibility index (Phi) is 6.19. The van der Waals surface area contributed by atoms with Crippen molar-refractivity contribution in [3.05, 3.63) is 28.5 Å². The van der Waals surface area contributed by atoms with E-state index in [4.69, 9.17) is 9.15 Å². The summed E-state index contributed by atoms with van der Waals surface area (Å²) in [5, 5.41) is 0. The summed E-state index contributed by atoms with van der Waals surface area (Å²) in [6.45, 7) is 6.40. The quantitative estimate of drug-likeness (QED) is 0.651. The first-order valence-corrected chi connectivity index (χ1v) is 8.77. The van der Waals surface area contributed by atoms with Gasteiger partial charge in [-0.3, -0.25) is 0 Å². The number of oxazole rings is 1. The van der Waals surface area contributed by atoms with Gasteiger partial charge in [0.1, 0.15) is 5.76 Å². The van der Waals surface area contributed by atoms with E-state index in [1.165, 1.54) is 4.88 Å². The molecule has 0 atom stereocenters. The number of aryl methyl sites for hydroxylation is 2. The lowest BCUT2D eigenvalue weighted by Gasteiger charge is -1.99. The highest BCUT2D eigenvalue weighted by atomic mass is 32.1. The van der Waals surface area contributed by atoms with E-state index < -0.39 is 5.97 Å². The van der Waals surface area contributed by atoms with E-state index in [1.807, 2.05) is 6.07 Å². The molecule has 2 aromatic heterocycles. The molecule has 2 aromatic rings. The first kappa shape index (κ1) is 16.7. The van der Waals surface area contributed by atoms with Gasteiger partial charge in [0.05, 0.1) is 11.5 Å². The van der Waals surface area contributed by atoms with Gasteiger partial charge in [-0.25, -0.2) is 9.78 Å². The van der Waals surface area contributed by atoms with Crippen molar-refractivity contribution in [3.8, 4) is 10.8 Å². The highest BCUT2D eigenvalue weighted by Gasteiger charge is 2.22. The second-order valence-electron chi connectivity index (χ2n) is 5.13. The van der Waals surface area contributed by atoms with Crippen molar-refractivity contribution in [2.24, 2.45) is 0 Å². The number of esters is 1. The zero-order valence-electron chi connectivity index (χ0n) is 13.5. The summed E-state index contributed by atoms with van der Waals surface area (Å²) < 4.78 is 10.9. The molecule has 120 valence electrons. The topological polar surface area (TPSA) is 52.3 Å². The van der Waals surface area contributed by atoms with E-state index in [9.17, 15) is 4.79 Å². The number of thiophene rings is 1. The number of ether oxygens (including phenoxy) is 1. The number of rotatable bonds is 8. The lowest BCUT2D eigenvalue weighted by Crippen LogP contribution is -2.07. The zero-order valence-corrected chi connectivity index (χ0v) is 14.3. The van der Waals surface area contributed by atoms with Crippen LogP contribution in [-0.2, 0) is 17.6 Å². The van der Waals surface area contributed by atoms with Gasteiger partial charge in [0.25, 0.3) is 0 Å². The Morgan fingerprint density at radius 3 is 2.73 bits per heavy atom. The average Bonchev–Trinajstić information content (AvgIpc) is 3.12. The van der Waals surface area contributed by atoms with Gasteiger partial charge in [-0.2, -0.15) is 0 Å². The molecule has 2 rings (SSSR count). The second-order valence-corrected chi connectivity index (χ2v) is 6.30. The minimum Gasteiger partial charge on any atom is -0.461 e. The van der Waals surface area contributed by atoms with Crippen molar-refractivity contribution in [2.75, 3.05) is 6.61 Å². The fourth-order valence-electron chi connectivity index (χ4n) is 2.20. The third kappa shape index (κ3) is 3.97. The Hall–Kier alpha value is -1.62. The van der Waals surface area contributed by atoms with Crippen LogP contribution in [0.2, 0.25) is 0 Å². The van der Waals surface area contributed by atoms with Crippen LogP contribution in [0.25, 0.3) is 10.8 Å². The molecule has 0 fully saturated rings.